The third-order valence-electron chi connectivity index (χ3n) is 3.59. The van der Waals surface area contributed by atoms with Crippen molar-refractivity contribution < 1.29 is 18.7 Å². The van der Waals surface area contributed by atoms with E-state index in [1.165, 1.54) is 19.2 Å². The van der Waals surface area contributed by atoms with Gasteiger partial charge < -0.3 is 14.8 Å². The zero-order valence-electron chi connectivity index (χ0n) is 14.1. The quantitative estimate of drug-likeness (QED) is 0.840. The van der Waals surface area contributed by atoms with Gasteiger partial charge >= 0.3 is 0 Å². The van der Waals surface area contributed by atoms with E-state index in [-0.39, 0.29) is 11.7 Å². The highest BCUT2D eigenvalue weighted by atomic mass is 19.1. The summed E-state index contributed by atoms with van der Waals surface area (Å²) in [5, 5.41) is 11.7. The first-order valence-electron chi connectivity index (χ1n) is 7.80. The SMILES string of the molecule is COc1cc(C#N)ccc1O[C@H](C)C(=O)NCCc1ccc(F)cc1. The Kier molecular flexibility index (Phi) is 6.35. The second kappa shape index (κ2) is 8.69. The maximum absolute atomic E-state index is 12.8. The van der Waals surface area contributed by atoms with Gasteiger partial charge in [0.25, 0.3) is 5.91 Å². The van der Waals surface area contributed by atoms with Crippen LogP contribution in [0.5, 0.6) is 11.5 Å². The molecular weight excluding hydrogens is 323 g/mol. The Labute approximate surface area is 146 Å². The van der Waals surface area contributed by atoms with E-state index >= 15 is 0 Å². The molecule has 0 fully saturated rings. The summed E-state index contributed by atoms with van der Waals surface area (Å²) in [6.07, 6.45) is -0.131. The van der Waals surface area contributed by atoms with Crippen LogP contribution in [0.25, 0.3) is 0 Å². The van der Waals surface area contributed by atoms with Crippen molar-refractivity contribution >= 4 is 5.91 Å². The summed E-state index contributed by atoms with van der Waals surface area (Å²) in [6, 6.07) is 12.9. The van der Waals surface area contributed by atoms with E-state index in [0.29, 0.717) is 30.0 Å². The predicted octanol–water partition coefficient (Wildman–Crippen LogP) is 2.83. The van der Waals surface area contributed by atoms with Crippen LogP contribution in [0.1, 0.15) is 18.1 Å². The maximum atomic E-state index is 12.8. The van der Waals surface area contributed by atoms with E-state index < -0.39 is 6.10 Å². The highest BCUT2D eigenvalue weighted by Crippen LogP contribution is 2.28. The minimum atomic E-state index is -0.727. The molecule has 0 unspecified atom stereocenters. The van der Waals surface area contributed by atoms with Crippen molar-refractivity contribution in [3.8, 4) is 17.6 Å². The molecule has 0 aliphatic carbocycles. The fourth-order valence-corrected chi connectivity index (χ4v) is 2.20. The number of benzene rings is 2. The molecule has 5 nitrogen and oxygen atoms in total. The normalized spacial score (nSPS) is 11.3. The van der Waals surface area contributed by atoms with Crippen molar-refractivity contribution in [3.63, 3.8) is 0 Å². The van der Waals surface area contributed by atoms with Crippen molar-refractivity contribution in [1.29, 1.82) is 5.26 Å². The lowest BCUT2D eigenvalue weighted by Gasteiger charge is -2.17. The van der Waals surface area contributed by atoms with Crippen molar-refractivity contribution in [2.75, 3.05) is 13.7 Å². The topological polar surface area (TPSA) is 71.3 Å². The molecule has 0 saturated carbocycles. The molecule has 2 aromatic rings. The van der Waals surface area contributed by atoms with Crippen LogP contribution in [0.15, 0.2) is 42.5 Å². The Hall–Kier alpha value is -3.07. The van der Waals surface area contributed by atoms with E-state index in [9.17, 15) is 9.18 Å². The van der Waals surface area contributed by atoms with E-state index in [2.05, 4.69) is 5.32 Å². The van der Waals surface area contributed by atoms with Gasteiger partial charge in [0.15, 0.2) is 17.6 Å². The third-order valence-corrected chi connectivity index (χ3v) is 3.59. The minimum Gasteiger partial charge on any atom is -0.493 e. The lowest BCUT2D eigenvalue weighted by molar-refractivity contribution is -0.127. The van der Waals surface area contributed by atoms with Crippen molar-refractivity contribution in [2.45, 2.75) is 19.4 Å². The molecule has 0 heterocycles. The average molecular weight is 342 g/mol. The molecule has 25 heavy (non-hydrogen) atoms. The summed E-state index contributed by atoms with van der Waals surface area (Å²) < 4.78 is 23.6. The number of amides is 1. The molecule has 2 aromatic carbocycles. The molecule has 1 N–H and O–H groups in total. The smallest absolute Gasteiger partial charge is 0.260 e. The second-order valence-corrected chi connectivity index (χ2v) is 5.41. The number of hydrogen-bond donors (Lipinski definition) is 1. The van der Waals surface area contributed by atoms with E-state index in [1.807, 2.05) is 6.07 Å². The van der Waals surface area contributed by atoms with Gasteiger partial charge in [0, 0.05) is 12.6 Å². The summed E-state index contributed by atoms with van der Waals surface area (Å²) in [4.78, 5) is 12.1. The van der Waals surface area contributed by atoms with Crippen LogP contribution < -0.4 is 14.8 Å². The molecule has 0 aliphatic heterocycles. The van der Waals surface area contributed by atoms with E-state index in [1.54, 1.807) is 37.3 Å². The molecule has 0 bridgehead atoms. The van der Waals surface area contributed by atoms with Crippen LogP contribution >= 0.6 is 0 Å². The fourth-order valence-electron chi connectivity index (χ4n) is 2.20. The summed E-state index contributed by atoms with van der Waals surface area (Å²) >= 11 is 0. The first-order valence-corrected chi connectivity index (χ1v) is 7.80. The molecule has 6 heteroatoms. The number of nitrogens with zero attached hydrogens (tertiary/aromatic N) is 1. The second-order valence-electron chi connectivity index (χ2n) is 5.41. The van der Waals surface area contributed by atoms with Gasteiger partial charge in [-0.2, -0.15) is 5.26 Å². The van der Waals surface area contributed by atoms with Gasteiger partial charge in [-0.25, -0.2) is 4.39 Å². The summed E-state index contributed by atoms with van der Waals surface area (Å²) in [5.74, 6) is 0.229. The molecule has 130 valence electrons. The highest BCUT2D eigenvalue weighted by Gasteiger charge is 2.16. The average Bonchev–Trinajstić information content (AvgIpc) is 2.63. The van der Waals surface area contributed by atoms with Gasteiger partial charge in [-0.3, -0.25) is 4.79 Å². The van der Waals surface area contributed by atoms with Crippen LogP contribution in [0, 0.1) is 17.1 Å². The zero-order chi connectivity index (χ0) is 18.2. The number of methoxy groups -OCH3 is 1. The van der Waals surface area contributed by atoms with Gasteiger partial charge in [0.2, 0.25) is 0 Å². The Bertz CT molecular complexity index is 769. The lowest BCUT2D eigenvalue weighted by Crippen LogP contribution is -2.37. The minimum absolute atomic E-state index is 0.270. The van der Waals surface area contributed by atoms with Gasteiger partial charge in [-0.15, -0.1) is 0 Å². The van der Waals surface area contributed by atoms with E-state index in [0.717, 1.165) is 5.56 Å². The molecule has 0 spiro atoms. The predicted molar refractivity (Wildman–Crippen MR) is 90.9 cm³/mol. The molecule has 0 radical (unpaired) electrons. The number of halogens is 1. The fraction of sp³-hybridized carbons (Fsp3) is 0.263. The first kappa shape index (κ1) is 18.3. The van der Waals surface area contributed by atoms with Crippen LogP contribution in [-0.2, 0) is 11.2 Å². The largest absolute Gasteiger partial charge is 0.493 e. The van der Waals surface area contributed by atoms with Gasteiger partial charge in [-0.05, 0) is 43.2 Å². The Balaban J connectivity index is 1.88. The van der Waals surface area contributed by atoms with Crippen molar-refractivity contribution in [3.05, 3.63) is 59.4 Å². The number of carbonyl (C=O) groups is 1. The summed E-state index contributed by atoms with van der Waals surface area (Å²) in [7, 11) is 1.47. The van der Waals surface area contributed by atoms with Crippen LogP contribution in [-0.4, -0.2) is 25.7 Å². The third kappa shape index (κ3) is 5.21. The number of rotatable bonds is 7. The van der Waals surface area contributed by atoms with Crippen LogP contribution in [0.4, 0.5) is 4.39 Å². The molecule has 0 aliphatic rings. The van der Waals surface area contributed by atoms with Gasteiger partial charge in [-0.1, -0.05) is 12.1 Å². The molecule has 0 saturated heterocycles. The number of nitrogens with one attached hydrogen (secondary N) is 1. The number of nitriles is 1. The number of ether oxygens (including phenoxy) is 2. The molecule has 1 amide bonds. The molecule has 1 atom stereocenters. The standard InChI is InChI=1S/C19H19FN2O3/c1-13(25-17-8-5-15(12-21)11-18(17)24-2)19(23)22-10-9-14-3-6-16(20)7-4-14/h3-8,11,13H,9-10H2,1-2H3,(H,22,23)/t13-/m1/s1. The Morgan fingerprint density at radius 1 is 1.24 bits per heavy atom. The van der Waals surface area contributed by atoms with Crippen LogP contribution in [0.2, 0.25) is 0 Å². The van der Waals surface area contributed by atoms with Crippen LogP contribution in [0.3, 0.4) is 0 Å². The highest BCUT2D eigenvalue weighted by molar-refractivity contribution is 5.80. The number of carbonyl (C=O) groups excluding carboxylic acids is 1. The Morgan fingerprint density at radius 2 is 1.96 bits per heavy atom. The lowest BCUT2D eigenvalue weighted by atomic mass is 10.1. The number of hydrogen-bond acceptors (Lipinski definition) is 4. The van der Waals surface area contributed by atoms with Gasteiger partial charge in [0.05, 0.1) is 18.7 Å². The zero-order valence-corrected chi connectivity index (χ0v) is 14.1. The van der Waals surface area contributed by atoms with Crippen molar-refractivity contribution in [2.24, 2.45) is 0 Å². The molecular formula is C19H19FN2O3. The van der Waals surface area contributed by atoms with E-state index in [4.69, 9.17) is 14.7 Å². The molecule has 2 rings (SSSR count). The van der Waals surface area contributed by atoms with Crippen molar-refractivity contribution in [1.82, 2.24) is 5.32 Å². The molecule has 0 aromatic heterocycles. The summed E-state index contributed by atoms with van der Waals surface area (Å²) in [6.45, 7) is 2.05. The van der Waals surface area contributed by atoms with Gasteiger partial charge in [0.1, 0.15) is 5.82 Å². The maximum Gasteiger partial charge on any atom is 0.260 e. The monoisotopic (exact) mass is 342 g/mol. The first-order chi connectivity index (χ1) is 12.0. The Morgan fingerprint density at radius 3 is 2.60 bits per heavy atom. The summed E-state index contributed by atoms with van der Waals surface area (Å²) in [5.41, 5.74) is 1.38.